The maximum absolute atomic E-state index is 10.3. The van der Waals surface area contributed by atoms with E-state index in [1.807, 2.05) is 6.07 Å². The van der Waals surface area contributed by atoms with Crippen molar-refractivity contribution in [1.82, 2.24) is 0 Å². The van der Waals surface area contributed by atoms with Crippen molar-refractivity contribution in [1.29, 1.82) is 0 Å². The molecule has 0 fully saturated rings. The number of hydrogen-bond donors (Lipinski definition) is 1. The normalized spacial score (nSPS) is 11.2. The second-order valence-electron chi connectivity index (χ2n) is 2.23. The molecule has 5 heteroatoms. The minimum atomic E-state index is -4.00. The number of rotatable bonds is 2. The van der Waals surface area contributed by atoms with Crippen molar-refractivity contribution < 1.29 is 35.4 Å². The Hall–Kier alpha value is -0.390. The molecule has 0 saturated carbocycles. The van der Waals surface area contributed by atoms with Crippen molar-refractivity contribution in [2.45, 2.75) is 0 Å². The first-order chi connectivity index (χ1) is 5.58. The molecule has 0 unspecified atom stereocenters. The van der Waals surface area contributed by atoms with Crippen molar-refractivity contribution in [2.75, 3.05) is 0 Å². The van der Waals surface area contributed by atoms with Crippen LogP contribution in [0.25, 0.3) is 6.08 Å². The summed E-state index contributed by atoms with van der Waals surface area (Å²) in [6, 6.07) is 8.86. The molecule has 1 N–H and O–H groups in total. The van der Waals surface area contributed by atoms with Crippen LogP contribution in [-0.4, -0.2) is 13.0 Å². The summed E-state index contributed by atoms with van der Waals surface area (Å²) in [6.45, 7) is 0. The molecule has 1 aromatic carbocycles. The van der Waals surface area contributed by atoms with Gasteiger partial charge in [0.25, 0.3) is 10.1 Å². The van der Waals surface area contributed by atoms with Crippen LogP contribution in [-0.2, 0) is 32.5 Å². The van der Waals surface area contributed by atoms with Crippen LogP contribution in [0.4, 0.5) is 0 Å². The van der Waals surface area contributed by atoms with Gasteiger partial charge in [-0.3, -0.25) is 4.55 Å². The summed E-state index contributed by atoms with van der Waals surface area (Å²) >= 11 is 0. The second kappa shape index (κ2) is 5.36. The first-order valence-electron chi connectivity index (χ1n) is 3.28. The van der Waals surface area contributed by atoms with Crippen LogP contribution in [0.3, 0.4) is 0 Å². The molecule has 13 heavy (non-hydrogen) atoms. The van der Waals surface area contributed by atoms with Gasteiger partial charge in [-0.2, -0.15) is 8.42 Å². The average molecular weight is 381 g/mol. The van der Waals surface area contributed by atoms with Crippen LogP contribution in [0.2, 0.25) is 0 Å². The Labute approximate surface area is 92.7 Å². The molecule has 0 aliphatic heterocycles. The van der Waals surface area contributed by atoms with Crippen molar-refractivity contribution in [3.05, 3.63) is 41.3 Å². The number of hydrogen-bond acceptors (Lipinski definition) is 2. The second-order valence-corrected chi connectivity index (χ2v) is 3.53. The smallest absolute Gasteiger partial charge is 0.282 e. The van der Waals surface area contributed by atoms with Crippen LogP contribution in [0.5, 0.6) is 0 Å². The van der Waals surface area contributed by atoms with E-state index in [2.05, 4.69) is 0 Å². The Balaban J connectivity index is 0.00000144. The van der Waals surface area contributed by atoms with Gasteiger partial charge in [-0.15, -0.1) is 0 Å². The Kier molecular flexibility index (Phi) is 5.20. The molecule has 0 spiro atoms. The molecule has 0 saturated heterocycles. The predicted molar refractivity (Wildman–Crippen MR) is 47.0 cm³/mol. The van der Waals surface area contributed by atoms with Gasteiger partial charge in [0.2, 0.25) is 0 Å². The van der Waals surface area contributed by atoms with Gasteiger partial charge < -0.3 is 0 Å². The Morgan fingerprint density at radius 2 is 1.69 bits per heavy atom. The summed E-state index contributed by atoms with van der Waals surface area (Å²) in [5.41, 5.74) is 0.732. The topological polar surface area (TPSA) is 54.4 Å². The molecule has 0 heterocycles. The van der Waals surface area contributed by atoms with Crippen molar-refractivity contribution in [3.63, 3.8) is 0 Å². The SMILES string of the molecule is O=S(=O)(O)C=Cc1ccccc1.[Au]. The van der Waals surface area contributed by atoms with Gasteiger partial charge in [-0.1, -0.05) is 30.3 Å². The van der Waals surface area contributed by atoms with E-state index in [9.17, 15) is 8.42 Å². The first-order valence-corrected chi connectivity index (χ1v) is 4.79. The van der Waals surface area contributed by atoms with E-state index < -0.39 is 10.1 Å². The largest absolute Gasteiger partial charge is 0.287 e. The minimum Gasteiger partial charge on any atom is -0.282 e. The third-order valence-electron chi connectivity index (χ3n) is 1.23. The van der Waals surface area contributed by atoms with Crippen LogP contribution in [0, 0.1) is 0 Å². The van der Waals surface area contributed by atoms with Gasteiger partial charge >= 0.3 is 0 Å². The van der Waals surface area contributed by atoms with Crippen molar-refractivity contribution in [2.24, 2.45) is 0 Å². The molecule has 0 aliphatic carbocycles. The molecule has 3 nitrogen and oxygen atoms in total. The van der Waals surface area contributed by atoms with E-state index in [1.54, 1.807) is 24.3 Å². The number of benzene rings is 1. The third kappa shape index (κ3) is 5.79. The maximum Gasteiger partial charge on any atom is 0.287 e. The van der Waals surface area contributed by atoms with Crippen molar-refractivity contribution >= 4 is 16.2 Å². The van der Waals surface area contributed by atoms with Gasteiger partial charge in [0, 0.05) is 22.4 Å². The maximum atomic E-state index is 10.3. The molecule has 1 aromatic rings. The zero-order valence-electron chi connectivity index (χ0n) is 6.51. The molecular formula is C8H8AuO3S. The quantitative estimate of drug-likeness (QED) is 0.625. The molecular weight excluding hydrogens is 373 g/mol. The monoisotopic (exact) mass is 381 g/mol. The third-order valence-corrected chi connectivity index (χ3v) is 1.71. The van der Waals surface area contributed by atoms with Crippen molar-refractivity contribution in [3.8, 4) is 0 Å². The van der Waals surface area contributed by atoms with Crippen LogP contribution >= 0.6 is 0 Å². The fourth-order valence-electron chi connectivity index (χ4n) is 0.729. The van der Waals surface area contributed by atoms with Gasteiger partial charge in [-0.05, 0) is 11.6 Å². The van der Waals surface area contributed by atoms with Crippen LogP contribution < -0.4 is 0 Å². The van der Waals surface area contributed by atoms with E-state index in [0.29, 0.717) is 0 Å². The molecule has 0 aromatic heterocycles. The molecule has 75 valence electrons. The van der Waals surface area contributed by atoms with Gasteiger partial charge in [0.1, 0.15) is 0 Å². The van der Waals surface area contributed by atoms with E-state index >= 15 is 0 Å². The Morgan fingerprint density at radius 1 is 1.15 bits per heavy atom. The zero-order chi connectivity index (χ0) is 9.03. The summed E-state index contributed by atoms with van der Waals surface area (Å²) < 4.78 is 28.9. The van der Waals surface area contributed by atoms with E-state index in [0.717, 1.165) is 11.0 Å². The standard InChI is InChI=1S/C8H8O3S.Au/c9-12(10,11)7-6-8-4-2-1-3-5-8;/h1-7H,(H,9,10,11);. The summed E-state index contributed by atoms with van der Waals surface area (Å²) in [5, 5.41) is 0.752. The van der Waals surface area contributed by atoms with E-state index in [4.69, 9.17) is 4.55 Å². The molecule has 1 radical (unpaired) electrons. The fourth-order valence-corrected chi connectivity index (χ4v) is 1.06. The minimum absolute atomic E-state index is 0. The average Bonchev–Trinajstić information content (AvgIpc) is 2.02. The summed E-state index contributed by atoms with van der Waals surface area (Å²) in [7, 11) is -4.00. The van der Waals surface area contributed by atoms with Crippen LogP contribution in [0.1, 0.15) is 5.56 Å². The Bertz CT molecular complexity index is 370. The fraction of sp³-hybridized carbons (Fsp3) is 0. The van der Waals surface area contributed by atoms with Crippen LogP contribution in [0.15, 0.2) is 35.7 Å². The Morgan fingerprint density at radius 3 is 2.15 bits per heavy atom. The summed E-state index contributed by atoms with van der Waals surface area (Å²) in [5.74, 6) is 0. The molecule has 0 bridgehead atoms. The van der Waals surface area contributed by atoms with Gasteiger partial charge in [0.15, 0.2) is 0 Å². The van der Waals surface area contributed by atoms with Gasteiger partial charge in [0.05, 0.1) is 5.41 Å². The first kappa shape index (κ1) is 12.6. The van der Waals surface area contributed by atoms with E-state index in [-0.39, 0.29) is 22.4 Å². The summed E-state index contributed by atoms with van der Waals surface area (Å²) in [4.78, 5) is 0. The summed E-state index contributed by atoms with van der Waals surface area (Å²) in [6.07, 6.45) is 1.33. The molecule has 0 amide bonds. The predicted octanol–water partition coefficient (Wildman–Crippen LogP) is 1.54. The molecule has 1 rings (SSSR count). The molecule has 0 aliphatic rings. The zero-order valence-corrected chi connectivity index (χ0v) is 9.50. The molecule has 0 atom stereocenters. The van der Waals surface area contributed by atoms with Gasteiger partial charge in [-0.25, -0.2) is 0 Å². The van der Waals surface area contributed by atoms with E-state index in [1.165, 1.54) is 6.08 Å².